The summed E-state index contributed by atoms with van der Waals surface area (Å²) in [5.41, 5.74) is 1.57. The highest BCUT2D eigenvalue weighted by atomic mass is 16.6. The molecule has 3 nitrogen and oxygen atoms in total. The Bertz CT molecular complexity index is 561. The van der Waals surface area contributed by atoms with Crippen LogP contribution in [0.3, 0.4) is 0 Å². The number of aryl methyl sites for hydroxylation is 1. The maximum absolute atomic E-state index is 12.0. The normalized spacial score (nSPS) is 11.8. The van der Waals surface area contributed by atoms with Gasteiger partial charge in [0.15, 0.2) is 0 Å². The van der Waals surface area contributed by atoms with Crippen molar-refractivity contribution < 1.29 is 9.53 Å². The number of hydrogen-bond donors (Lipinski definition) is 0. The Morgan fingerprint density at radius 3 is 2.59 bits per heavy atom. The zero-order valence-corrected chi connectivity index (χ0v) is 10.7. The first-order valence-corrected chi connectivity index (χ1v) is 5.68. The number of aromatic nitrogens is 1. The molecule has 1 aromatic heterocycles. The average molecular weight is 231 g/mol. The largest absolute Gasteiger partial charge is 0.443 e. The molecule has 1 heterocycles. The summed E-state index contributed by atoms with van der Waals surface area (Å²) >= 11 is 0. The van der Waals surface area contributed by atoms with Crippen molar-refractivity contribution >= 4 is 17.0 Å². The fourth-order valence-electron chi connectivity index (χ4n) is 1.79. The first-order valence-electron chi connectivity index (χ1n) is 5.68. The molecule has 0 aliphatic heterocycles. The van der Waals surface area contributed by atoms with Gasteiger partial charge in [0.05, 0.1) is 5.52 Å². The second-order valence-corrected chi connectivity index (χ2v) is 5.17. The van der Waals surface area contributed by atoms with Gasteiger partial charge in [-0.3, -0.25) is 4.57 Å². The SMILES string of the molecule is Cc1cccc2c1ccn2C(=O)OC(C)(C)C. The molecule has 0 amide bonds. The van der Waals surface area contributed by atoms with Crippen LogP contribution in [0.5, 0.6) is 0 Å². The van der Waals surface area contributed by atoms with E-state index in [0.29, 0.717) is 0 Å². The number of rotatable bonds is 0. The Morgan fingerprint density at radius 1 is 1.24 bits per heavy atom. The van der Waals surface area contributed by atoms with E-state index in [9.17, 15) is 4.79 Å². The predicted octanol–water partition coefficient (Wildman–Crippen LogP) is 3.73. The molecule has 0 fully saturated rings. The number of hydrogen-bond acceptors (Lipinski definition) is 2. The van der Waals surface area contributed by atoms with Crippen molar-refractivity contribution in [2.24, 2.45) is 0 Å². The number of ether oxygens (including phenoxy) is 1. The van der Waals surface area contributed by atoms with Crippen LogP contribution >= 0.6 is 0 Å². The van der Waals surface area contributed by atoms with Crippen molar-refractivity contribution in [3.8, 4) is 0 Å². The lowest BCUT2D eigenvalue weighted by atomic mass is 10.1. The van der Waals surface area contributed by atoms with E-state index in [4.69, 9.17) is 4.74 Å². The van der Waals surface area contributed by atoms with Crippen LogP contribution in [0.15, 0.2) is 30.5 Å². The van der Waals surface area contributed by atoms with Gasteiger partial charge in [0.1, 0.15) is 5.60 Å². The third kappa shape index (κ3) is 2.33. The van der Waals surface area contributed by atoms with E-state index in [-0.39, 0.29) is 6.09 Å². The molecule has 0 N–H and O–H groups in total. The van der Waals surface area contributed by atoms with Gasteiger partial charge in [-0.2, -0.15) is 0 Å². The summed E-state index contributed by atoms with van der Waals surface area (Å²) in [6.45, 7) is 7.62. The summed E-state index contributed by atoms with van der Waals surface area (Å²) in [6.07, 6.45) is 1.42. The van der Waals surface area contributed by atoms with Crippen LogP contribution in [0.1, 0.15) is 26.3 Å². The Hall–Kier alpha value is -1.77. The molecule has 90 valence electrons. The molecule has 0 saturated carbocycles. The number of nitrogens with zero attached hydrogens (tertiary/aromatic N) is 1. The Morgan fingerprint density at radius 2 is 1.94 bits per heavy atom. The summed E-state index contributed by atoms with van der Waals surface area (Å²) in [6, 6.07) is 7.83. The fraction of sp³-hybridized carbons (Fsp3) is 0.357. The summed E-state index contributed by atoms with van der Waals surface area (Å²) in [5, 5.41) is 1.08. The molecule has 0 radical (unpaired) electrons. The van der Waals surface area contributed by atoms with Gasteiger partial charge in [-0.15, -0.1) is 0 Å². The maximum atomic E-state index is 12.0. The minimum atomic E-state index is -0.475. The van der Waals surface area contributed by atoms with Crippen molar-refractivity contribution in [2.75, 3.05) is 0 Å². The molecule has 0 atom stereocenters. The van der Waals surface area contributed by atoms with Gasteiger partial charge in [-0.25, -0.2) is 4.79 Å². The number of carbonyl (C=O) groups excluding carboxylic acids is 1. The molecule has 0 saturated heterocycles. The highest BCUT2D eigenvalue weighted by molar-refractivity contribution is 5.91. The van der Waals surface area contributed by atoms with Crippen LogP contribution in [-0.4, -0.2) is 16.3 Å². The van der Waals surface area contributed by atoms with Gasteiger partial charge in [0.2, 0.25) is 0 Å². The van der Waals surface area contributed by atoms with Gasteiger partial charge >= 0.3 is 6.09 Å². The van der Waals surface area contributed by atoms with Gasteiger partial charge in [0.25, 0.3) is 0 Å². The molecule has 2 rings (SSSR count). The number of fused-ring (bicyclic) bond motifs is 1. The van der Waals surface area contributed by atoms with Crippen LogP contribution < -0.4 is 0 Å². The lowest BCUT2D eigenvalue weighted by molar-refractivity contribution is 0.0544. The summed E-state index contributed by atoms with van der Waals surface area (Å²) in [5.74, 6) is 0. The van der Waals surface area contributed by atoms with Crippen LogP contribution in [0.2, 0.25) is 0 Å². The first kappa shape index (κ1) is 11.7. The van der Waals surface area contributed by atoms with E-state index in [1.807, 2.05) is 52.0 Å². The lowest BCUT2D eigenvalue weighted by Gasteiger charge is -2.19. The van der Waals surface area contributed by atoms with Crippen LogP contribution in [0.25, 0.3) is 10.9 Å². The van der Waals surface area contributed by atoms with E-state index >= 15 is 0 Å². The zero-order valence-electron chi connectivity index (χ0n) is 10.7. The van der Waals surface area contributed by atoms with Gasteiger partial charge in [-0.05, 0) is 45.4 Å². The highest BCUT2D eigenvalue weighted by Crippen LogP contribution is 2.20. The van der Waals surface area contributed by atoms with Gasteiger partial charge < -0.3 is 4.74 Å². The molecule has 0 aliphatic carbocycles. The average Bonchev–Trinajstić information content (AvgIpc) is 2.60. The van der Waals surface area contributed by atoms with Crippen molar-refractivity contribution in [1.29, 1.82) is 0 Å². The van der Waals surface area contributed by atoms with E-state index in [1.54, 1.807) is 10.8 Å². The second kappa shape index (κ2) is 3.91. The molecular formula is C14H17NO2. The fourth-order valence-corrected chi connectivity index (χ4v) is 1.79. The molecule has 0 spiro atoms. The summed E-state index contributed by atoms with van der Waals surface area (Å²) in [7, 11) is 0. The maximum Gasteiger partial charge on any atom is 0.418 e. The minimum absolute atomic E-state index is 0.335. The van der Waals surface area contributed by atoms with Crippen molar-refractivity contribution in [3.05, 3.63) is 36.0 Å². The quantitative estimate of drug-likeness (QED) is 0.691. The van der Waals surface area contributed by atoms with E-state index in [1.165, 1.54) is 0 Å². The number of benzene rings is 1. The Labute approximate surface area is 101 Å². The van der Waals surface area contributed by atoms with Gasteiger partial charge in [0, 0.05) is 11.6 Å². The smallest absolute Gasteiger partial charge is 0.418 e. The molecule has 0 unspecified atom stereocenters. The molecule has 0 bridgehead atoms. The lowest BCUT2D eigenvalue weighted by Crippen LogP contribution is -2.26. The first-order chi connectivity index (χ1) is 7.88. The molecular weight excluding hydrogens is 214 g/mol. The third-order valence-electron chi connectivity index (χ3n) is 2.54. The van der Waals surface area contributed by atoms with Crippen molar-refractivity contribution in [1.82, 2.24) is 4.57 Å². The Balaban J connectivity index is 2.43. The molecule has 0 aliphatic rings. The summed E-state index contributed by atoms with van der Waals surface area (Å²) in [4.78, 5) is 12.0. The van der Waals surface area contributed by atoms with Crippen LogP contribution in [0.4, 0.5) is 4.79 Å². The monoisotopic (exact) mass is 231 g/mol. The van der Waals surface area contributed by atoms with Gasteiger partial charge in [-0.1, -0.05) is 12.1 Å². The second-order valence-electron chi connectivity index (χ2n) is 5.17. The highest BCUT2D eigenvalue weighted by Gasteiger charge is 2.18. The molecule has 3 heteroatoms. The topological polar surface area (TPSA) is 31.2 Å². The van der Waals surface area contributed by atoms with Crippen molar-refractivity contribution in [3.63, 3.8) is 0 Å². The predicted molar refractivity (Wildman–Crippen MR) is 68.3 cm³/mol. The Kier molecular flexibility index (Phi) is 2.69. The van der Waals surface area contributed by atoms with E-state index in [0.717, 1.165) is 16.5 Å². The summed E-state index contributed by atoms with van der Waals surface area (Å²) < 4.78 is 6.90. The van der Waals surface area contributed by atoms with Crippen LogP contribution in [0, 0.1) is 6.92 Å². The van der Waals surface area contributed by atoms with E-state index < -0.39 is 5.60 Å². The number of carbonyl (C=O) groups is 1. The zero-order chi connectivity index (χ0) is 12.6. The molecule has 17 heavy (non-hydrogen) atoms. The molecule has 2 aromatic rings. The molecule has 1 aromatic carbocycles. The van der Waals surface area contributed by atoms with Crippen molar-refractivity contribution in [2.45, 2.75) is 33.3 Å². The van der Waals surface area contributed by atoms with Crippen LogP contribution in [-0.2, 0) is 4.74 Å². The van der Waals surface area contributed by atoms with E-state index in [2.05, 4.69) is 0 Å². The minimum Gasteiger partial charge on any atom is -0.443 e. The standard InChI is InChI=1S/C14H17NO2/c1-10-6-5-7-12-11(10)8-9-15(12)13(16)17-14(2,3)4/h5-9H,1-4H3. The third-order valence-corrected chi connectivity index (χ3v) is 2.54.